The molecule has 2 amide bonds. The fourth-order valence-electron chi connectivity index (χ4n) is 1.33. The lowest BCUT2D eigenvalue weighted by Gasteiger charge is -2.24. The van der Waals surface area contributed by atoms with E-state index in [2.05, 4.69) is 6.92 Å². The van der Waals surface area contributed by atoms with Crippen molar-refractivity contribution in [1.82, 2.24) is 9.80 Å². The van der Waals surface area contributed by atoms with E-state index < -0.39 is 0 Å². The van der Waals surface area contributed by atoms with Crippen LogP contribution >= 0.6 is 11.8 Å². The summed E-state index contributed by atoms with van der Waals surface area (Å²) >= 11 is 1.46. The van der Waals surface area contributed by atoms with Gasteiger partial charge in [-0.3, -0.25) is 9.59 Å². The molecule has 1 aliphatic heterocycles. The number of thioether (sulfide) groups is 1. The Kier molecular flexibility index (Phi) is 5.38. The molecule has 0 atom stereocenters. The van der Waals surface area contributed by atoms with Gasteiger partial charge in [-0.25, -0.2) is 0 Å². The first-order chi connectivity index (χ1) is 7.65. The van der Waals surface area contributed by atoms with Gasteiger partial charge < -0.3 is 9.80 Å². The molecule has 0 N–H and O–H groups in total. The lowest BCUT2D eigenvalue weighted by atomic mass is 10.3. The molecule has 1 aliphatic rings. The van der Waals surface area contributed by atoms with Crippen LogP contribution in [0.5, 0.6) is 0 Å². The highest BCUT2D eigenvalue weighted by Crippen LogP contribution is 2.12. The zero-order valence-corrected chi connectivity index (χ0v) is 10.6. The average Bonchev–Trinajstić information content (AvgIpc) is 2.28. The van der Waals surface area contributed by atoms with Crippen LogP contribution in [0.15, 0.2) is 11.6 Å². The molecule has 0 aromatic heterocycles. The van der Waals surface area contributed by atoms with Crippen LogP contribution in [0.1, 0.15) is 19.8 Å². The van der Waals surface area contributed by atoms with Crippen LogP contribution in [-0.2, 0) is 9.59 Å². The number of amides is 2. The third kappa shape index (κ3) is 3.89. The van der Waals surface area contributed by atoms with Gasteiger partial charge in [-0.15, -0.1) is 11.8 Å². The van der Waals surface area contributed by atoms with Crippen molar-refractivity contribution in [2.24, 2.45) is 0 Å². The monoisotopic (exact) mass is 242 g/mol. The molecule has 1 heterocycles. The van der Waals surface area contributed by atoms with E-state index in [-0.39, 0.29) is 18.4 Å². The van der Waals surface area contributed by atoms with Crippen LogP contribution in [0.3, 0.4) is 0 Å². The maximum absolute atomic E-state index is 11.8. The molecule has 0 unspecified atom stereocenters. The zero-order valence-electron chi connectivity index (χ0n) is 9.81. The van der Waals surface area contributed by atoms with Gasteiger partial charge >= 0.3 is 0 Å². The standard InChI is InChI=1S/C11H18N2O2S/c1-3-4-5-12(2)10(14)8-13-6-7-16-9-11(13)15/h6-7H,3-5,8-9H2,1-2H3. The topological polar surface area (TPSA) is 40.6 Å². The number of hydrogen-bond acceptors (Lipinski definition) is 3. The number of carbonyl (C=O) groups excluding carboxylic acids is 2. The summed E-state index contributed by atoms with van der Waals surface area (Å²) in [6.45, 7) is 3.01. The molecule has 1 rings (SSSR count). The average molecular weight is 242 g/mol. The second kappa shape index (κ2) is 6.58. The molecular formula is C11H18N2O2S. The minimum absolute atomic E-state index is 0.00153. The summed E-state index contributed by atoms with van der Waals surface area (Å²) in [7, 11) is 1.78. The predicted molar refractivity (Wildman–Crippen MR) is 65.9 cm³/mol. The number of rotatable bonds is 5. The number of hydrogen-bond donors (Lipinski definition) is 0. The molecule has 16 heavy (non-hydrogen) atoms. The van der Waals surface area contributed by atoms with Crippen molar-refractivity contribution in [3.05, 3.63) is 11.6 Å². The van der Waals surface area contributed by atoms with Crippen molar-refractivity contribution in [1.29, 1.82) is 0 Å². The Balaban J connectivity index is 2.40. The maximum Gasteiger partial charge on any atom is 0.242 e. The summed E-state index contributed by atoms with van der Waals surface area (Å²) in [5, 5.41) is 1.85. The molecule has 0 fully saturated rings. The van der Waals surface area contributed by atoms with Gasteiger partial charge in [-0.1, -0.05) is 13.3 Å². The highest BCUT2D eigenvalue weighted by molar-refractivity contribution is 8.02. The van der Waals surface area contributed by atoms with Crippen LogP contribution < -0.4 is 0 Å². The fraction of sp³-hybridized carbons (Fsp3) is 0.636. The smallest absolute Gasteiger partial charge is 0.242 e. The first-order valence-electron chi connectivity index (χ1n) is 5.47. The van der Waals surface area contributed by atoms with Gasteiger partial charge in [0.25, 0.3) is 0 Å². The molecule has 0 saturated heterocycles. The Labute approximate surface area is 101 Å². The zero-order chi connectivity index (χ0) is 12.0. The summed E-state index contributed by atoms with van der Waals surface area (Å²) in [6, 6.07) is 0. The van der Waals surface area contributed by atoms with Crippen molar-refractivity contribution >= 4 is 23.6 Å². The Morgan fingerprint density at radius 3 is 3.00 bits per heavy atom. The largest absolute Gasteiger partial charge is 0.344 e. The van der Waals surface area contributed by atoms with Crippen molar-refractivity contribution in [3.63, 3.8) is 0 Å². The third-order valence-electron chi connectivity index (χ3n) is 2.44. The van der Waals surface area contributed by atoms with Crippen molar-refractivity contribution in [2.45, 2.75) is 19.8 Å². The first kappa shape index (κ1) is 13.1. The SMILES string of the molecule is CCCCN(C)C(=O)CN1C=CSCC1=O. The van der Waals surface area contributed by atoms with E-state index in [4.69, 9.17) is 0 Å². The second-order valence-electron chi connectivity index (χ2n) is 3.79. The third-order valence-corrected chi connectivity index (χ3v) is 3.17. The van der Waals surface area contributed by atoms with E-state index >= 15 is 0 Å². The molecule has 5 heteroatoms. The van der Waals surface area contributed by atoms with Gasteiger partial charge in [0.1, 0.15) is 6.54 Å². The van der Waals surface area contributed by atoms with Gasteiger partial charge in [-0.2, -0.15) is 0 Å². The second-order valence-corrected chi connectivity index (χ2v) is 4.68. The molecule has 0 spiro atoms. The number of unbranched alkanes of at least 4 members (excludes halogenated alkanes) is 1. The van der Waals surface area contributed by atoms with E-state index in [0.717, 1.165) is 19.4 Å². The minimum atomic E-state index is -0.00153. The molecular weight excluding hydrogens is 224 g/mol. The molecule has 0 bridgehead atoms. The summed E-state index contributed by atoms with van der Waals surface area (Å²) in [6.07, 6.45) is 3.75. The van der Waals surface area contributed by atoms with Gasteiger partial charge in [0.05, 0.1) is 5.75 Å². The molecule has 0 aromatic carbocycles. The Morgan fingerprint density at radius 2 is 2.38 bits per heavy atom. The predicted octanol–water partition coefficient (Wildman–Crippen LogP) is 1.29. The lowest BCUT2D eigenvalue weighted by Crippen LogP contribution is -2.40. The van der Waals surface area contributed by atoms with E-state index in [0.29, 0.717) is 5.75 Å². The van der Waals surface area contributed by atoms with Gasteiger partial charge in [0.2, 0.25) is 11.8 Å². The maximum atomic E-state index is 11.8. The van der Waals surface area contributed by atoms with Crippen LogP contribution in [0, 0.1) is 0 Å². The summed E-state index contributed by atoms with van der Waals surface area (Å²) in [4.78, 5) is 26.4. The summed E-state index contributed by atoms with van der Waals surface area (Å²) in [5.74, 6) is 0.436. The van der Waals surface area contributed by atoms with Gasteiger partial charge in [0, 0.05) is 19.8 Å². The normalized spacial score (nSPS) is 15.4. The van der Waals surface area contributed by atoms with Gasteiger partial charge in [-0.05, 0) is 11.8 Å². The van der Waals surface area contributed by atoms with E-state index in [1.807, 2.05) is 5.41 Å². The van der Waals surface area contributed by atoms with Crippen LogP contribution in [0.25, 0.3) is 0 Å². The summed E-state index contributed by atoms with van der Waals surface area (Å²) in [5.41, 5.74) is 0. The number of nitrogens with zero attached hydrogens (tertiary/aromatic N) is 2. The lowest BCUT2D eigenvalue weighted by molar-refractivity contribution is -0.136. The molecule has 90 valence electrons. The molecule has 0 saturated carbocycles. The molecule has 4 nitrogen and oxygen atoms in total. The fourth-order valence-corrected chi connectivity index (χ4v) is 1.97. The Morgan fingerprint density at radius 1 is 1.62 bits per heavy atom. The van der Waals surface area contributed by atoms with Gasteiger partial charge in [0.15, 0.2) is 0 Å². The minimum Gasteiger partial charge on any atom is -0.344 e. The Bertz CT molecular complexity index is 292. The molecule has 0 radical (unpaired) electrons. The molecule has 0 aromatic rings. The highest BCUT2D eigenvalue weighted by atomic mass is 32.2. The first-order valence-corrected chi connectivity index (χ1v) is 6.51. The number of likely N-dealkylation sites (N-methyl/N-ethyl adjacent to an activating group) is 1. The van der Waals surface area contributed by atoms with Crippen LogP contribution in [0.2, 0.25) is 0 Å². The highest BCUT2D eigenvalue weighted by Gasteiger charge is 2.19. The van der Waals surface area contributed by atoms with Crippen molar-refractivity contribution < 1.29 is 9.59 Å². The van der Waals surface area contributed by atoms with E-state index in [1.54, 1.807) is 18.1 Å². The summed E-state index contributed by atoms with van der Waals surface area (Å²) < 4.78 is 0. The van der Waals surface area contributed by atoms with Crippen molar-refractivity contribution in [3.8, 4) is 0 Å². The quantitative estimate of drug-likeness (QED) is 0.729. The van der Waals surface area contributed by atoms with Crippen LogP contribution in [-0.4, -0.2) is 47.5 Å². The van der Waals surface area contributed by atoms with Crippen LogP contribution in [0.4, 0.5) is 0 Å². The van der Waals surface area contributed by atoms with Crippen molar-refractivity contribution in [2.75, 3.05) is 25.9 Å². The molecule has 0 aliphatic carbocycles. The Hall–Kier alpha value is -0.970. The number of carbonyl (C=O) groups is 2. The van der Waals surface area contributed by atoms with E-state index in [1.165, 1.54) is 16.7 Å². The van der Waals surface area contributed by atoms with E-state index in [9.17, 15) is 9.59 Å².